The molecule has 0 unspecified atom stereocenters. The molecule has 1 aliphatic heterocycles. The summed E-state index contributed by atoms with van der Waals surface area (Å²) in [5.74, 6) is 0.695. The first kappa shape index (κ1) is 20.4. The highest BCUT2D eigenvalue weighted by Gasteiger charge is 2.38. The number of nitrogens with one attached hydrogen (secondary N) is 1. The average molecular weight is 414 g/mol. The molecule has 0 atom stereocenters. The number of hydrogen-bond acceptors (Lipinski definition) is 5. The second-order valence-electron chi connectivity index (χ2n) is 8.31. The van der Waals surface area contributed by atoms with Gasteiger partial charge in [-0.1, -0.05) is 31.7 Å². The summed E-state index contributed by atoms with van der Waals surface area (Å²) in [5, 5.41) is 5.23. The monoisotopic (exact) mass is 413 g/mol. The maximum Gasteiger partial charge on any atom is 0.251 e. The Morgan fingerprint density at radius 3 is 2.69 bits per heavy atom. The first-order valence-corrected chi connectivity index (χ1v) is 11.8. The van der Waals surface area contributed by atoms with Crippen LogP contribution in [0.1, 0.15) is 67.4 Å². The minimum absolute atomic E-state index is 0.00827. The van der Waals surface area contributed by atoms with Crippen molar-refractivity contribution >= 4 is 17.2 Å². The first-order valence-electron chi connectivity index (χ1n) is 10.9. The lowest BCUT2D eigenvalue weighted by Gasteiger charge is -2.48. The summed E-state index contributed by atoms with van der Waals surface area (Å²) in [6, 6.07) is 7.46. The molecule has 1 saturated carbocycles. The fourth-order valence-electron chi connectivity index (χ4n) is 4.72. The number of hydrogen-bond donors (Lipinski definition) is 1. The summed E-state index contributed by atoms with van der Waals surface area (Å²) in [6.45, 7) is 3.52. The van der Waals surface area contributed by atoms with Gasteiger partial charge in [-0.15, -0.1) is 11.3 Å². The Morgan fingerprint density at radius 2 is 1.93 bits per heavy atom. The summed E-state index contributed by atoms with van der Waals surface area (Å²) < 4.78 is 5.81. The predicted octanol–water partition coefficient (Wildman–Crippen LogP) is 4.64. The van der Waals surface area contributed by atoms with Crippen molar-refractivity contribution < 1.29 is 9.53 Å². The van der Waals surface area contributed by atoms with Crippen LogP contribution in [0.2, 0.25) is 0 Å². The lowest BCUT2D eigenvalue weighted by atomic mass is 9.79. The summed E-state index contributed by atoms with van der Waals surface area (Å²) in [7, 11) is 0. The van der Waals surface area contributed by atoms with Crippen molar-refractivity contribution in [2.75, 3.05) is 19.6 Å². The van der Waals surface area contributed by atoms with Crippen molar-refractivity contribution in [1.29, 1.82) is 0 Å². The summed E-state index contributed by atoms with van der Waals surface area (Å²) in [4.78, 5) is 19.8. The third kappa shape index (κ3) is 5.17. The fraction of sp³-hybridized carbons (Fsp3) is 0.565. The molecule has 0 radical (unpaired) electrons. The van der Waals surface area contributed by atoms with Crippen LogP contribution in [0, 0.1) is 0 Å². The normalized spacial score (nSPS) is 19.6. The van der Waals surface area contributed by atoms with Gasteiger partial charge in [0.25, 0.3) is 5.91 Å². The number of likely N-dealkylation sites (tertiary alicyclic amines) is 1. The number of ether oxygens (including phenoxy) is 1. The van der Waals surface area contributed by atoms with E-state index in [1.807, 2.05) is 29.6 Å². The number of thiazole rings is 1. The van der Waals surface area contributed by atoms with Crippen LogP contribution in [0.3, 0.4) is 0 Å². The van der Waals surface area contributed by atoms with Gasteiger partial charge in [0.05, 0.1) is 11.2 Å². The number of aromatic nitrogens is 1. The topological polar surface area (TPSA) is 54.5 Å². The Bertz CT molecular complexity index is 781. The van der Waals surface area contributed by atoms with Crippen molar-refractivity contribution in [3.8, 4) is 5.75 Å². The van der Waals surface area contributed by atoms with Crippen molar-refractivity contribution in [2.45, 2.75) is 63.5 Å². The van der Waals surface area contributed by atoms with Gasteiger partial charge >= 0.3 is 0 Å². The third-order valence-corrected chi connectivity index (χ3v) is 6.99. The molecular weight excluding hydrogens is 382 g/mol. The minimum atomic E-state index is -0.00827. The van der Waals surface area contributed by atoms with Gasteiger partial charge in [0, 0.05) is 23.0 Å². The molecule has 1 N–H and O–H groups in total. The summed E-state index contributed by atoms with van der Waals surface area (Å²) >= 11 is 1.55. The molecule has 0 bridgehead atoms. The SMILES string of the molecule is O=C(NCC1(N2CCCCC2)CCCCC1)c1cccc(OCc2cscn2)c1. The molecule has 0 spiro atoms. The molecule has 2 heterocycles. The van der Waals surface area contributed by atoms with Gasteiger partial charge in [-0.05, 0) is 57.0 Å². The van der Waals surface area contributed by atoms with E-state index >= 15 is 0 Å². The first-order chi connectivity index (χ1) is 14.3. The van der Waals surface area contributed by atoms with E-state index in [0.29, 0.717) is 17.9 Å². The van der Waals surface area contributed by atoms with Crippen LogP contribution in [0.4, 0.5) is 0 Å². The maximum absolute atomic E-state index is 12.9. The van der Waals surface area contributed by atoms with Crippen LogP contribution < -0.4 is 10.1 Å². The number of piperidine rings is 1. The molecule has 2 fully saturated rings. The molecule has 1 aliphatic carbocycles. The zero-order chi connectivity index (χ0) is 19.9. The Balaban J connectivity index is 1.38. The molecule has 1 amide bonds. The van der Waals surface area contributed by atoms with Crippen molar-refractivity contribution in [2.24, 2.45) is 0 Å². The average Bonchev–Trinajstić information content (AvgIpc) is 3.31. The summed E-state index contributed by atoms with van der Waals surface area (Å²) in [6.07, 6.45) is 10.2. The second kappa shape index (κ2) is 9.72. The minimum Gasteiger partial charge on any atom is -0.487 e. The Morgan fingerprint density at radius 1 is 1.14 bits per heavy atom. The van der Waals surface area contributed by atoms with E-state index in [1.165, 1.54) is 64.5 Å². The maximum atomic E-state index is 12.9. The molecule has 1 saturated heterocycles. The van der Waals surface area contributed by atoms with Gasteiger partial charge in [-0.25, -0.2) is 4.98 Å². The fourth-order valence-corrected chi connectivity index (χ4v) is 5.27. The van der Waals surface area contributed by atoms with Gasteiger partial charge < -0.3 is 10.1 Å². The largest absolute Gasteiger partial charge is 0.487 e. The van der Waals surface area contributed by atoms with Crippen molar-refractivity contribution in [1.82, 2.24) is 15.2 Å². The highest BCUT2D eigenvalue weighted by atomic mass is 32.1. The van der Waals surface area contributed by atoms with Gasteiger partial charge in [0.2, 0.25) is 0 Å². The number of amides is 1. The molecule has 2 aliphatic rings. The molecule has 29 heavy (non-hydrogen) atoms. The smallest absolute Gasteiger partial charge is 0.251 e. The second-order valence-corrected chi connectivity index (χ2v) is 9.03. The Kier molecular flexibility index (Phi) is 6.82. The molecule has 156 valence electrons. The van der Waals surface area contributed by atoms with Crippen LogP contribution in [0.15, 0.2) is 35.2 Å². The zero-order valence-corrected chi connectivity index (χ0v) is 17.9. The molecular formula is C23H31N3O2S. The standard InChI is InChI=1S/C23H31N3O2S/c27-22(19-8-7-9-21(14-19)28-15-20-16-29-18-25-20)24-17-23(10-3-1-4-11-23)26-12-5-2-6-13-26/h7-9,14,16,18H,1-6,10-13,15,17H2,(H,24,27). The van der Waals surface area contributed by atoms with Crippen LogP contribution in [-0.4, -0.2) is 41.0 Å². The van der Waals surface area contributed by atoms with E-state index in [4.69, 9.17) is 4.74 Å². The van der Waals surface area contributed by atoms with E-state index in [1.54, 1.807) is 16.8 Å². The number of benzene rings is 1. The van der Waals surface area contributed by atoms with E-state index in [-0.39, 0.29) is 11.4 Å². The number of nitrogens with zero attached hydrogens (tertiary/aromatic N) is 2. The molecule has 6 heteroatoms. The lowest BCUT2D eigenvalue weighted by Crippen LogP contribution is -2.58. The van der Waals surface area contributed by atoms with Gasteiger partial charge in [-0.3, -0.25) is 9.69 Å². The molecule has 4 rings (SSSR count). The van der Waals surface area contributed by atoms with Crippen LogP contribution in [0.5, 0.6) is 5.75 Å². The van der Waals surface area contributed by atoms with Gasteiger partial charge in [0.1, 0.15) is 12.4 Å². The van der Waals surface area contributed by atoms with Crippen molar-refractivity contribution in [3.05, 3.63) is 46.4 Å². The summed E-state index contributed by atoms with van der Waals surface area (Å²) in [5.41, 5.74) is 3.51. The van der Waals surface area contributed by atoms with E-state index in [2.05, 4.69) is 15.2 Å². The Hall–Kier alpha value is -1.92. The van der Waals surface area contributed by atoms with E-state index in [9.17, 15) is 4.79 Å². The zero-order valence-electron chi connectivity index (χ0n) is 17.1. The molecule has 2 aromatic rings. The molecule has 1 aromatic carbocycles. The number of carbonyl (C=O) groups is 1. The van der Waals surface area contributed by atoms with Crippen LogP contribution in [0.25, 0.3) is 0 Å². The predicted molar refractivity (Wildman–Crippen MR) is 116 cm³/mol. The van der Waals surface area contributed by atoms with Crippen molar-refractivity contribution in [3.63, 3.8) is 0 Å². The Labute approximate surface area is 177 Å². The van der Waals surface area contributed by atoms with E-state index in [0.717, 1.165) is 12.2 Å². The molecule has 5 nitrogen and oxygen atoms in total. The lowest BCUT2D eigenvalue weighted by molar-refractivity contribution is 0.0326. The number of rotatable bonds is 7. The molecule has 1 aromatic heterocycles. The quantitative estimate of drug-likeness (QED) is 0.718. The van der Waals surface area contributed by atoms with Gasteiger partial charge in [0.15, 0.2) is 0 Å². The third-order valence-electron chi connectivity index (χ3n) is 6.36. The van der Waals surface area contributed by atoms with Crippen LogP contribution in [-0.2, 0) is 6.61 Å². The van der Waals surface area contributed by atoms with Gasteiger partial charge in [-0.2, -0.15) is 0 Å². The highest BCUT2D eigenvalue weighted by molar-refractivity contribution is 7.07. The highest BCUT2D eigenvalue weighted by Crippen LogP contribution is 2.35. The number of carbonyl (C=O) groups excluding carboxylic acids is 1. The van der Waals surface area contributed by atoms with Crippen LogP contribution >= 0.6 is 11.3 Å². The van der Waals surface area contributed by atoms with E-state index < -0.39 is 0 Å².